The molecule has 156 valence electrons. The van der Waals surface area contributed by atoms with Crippen molar-refractivity contribution in [3.05, 3.63) is 58.2 Å². The Morgan fingerprint density at radius 2 is 1.80 bits per heavy atom. The number of hydrogen-bond donors (Lipinski definition) is 0. The van der Waals surface area contributed by atoms with Gasteiger partial charge in [0.1, 0.15) is 5.82 Å². The molecular weight excluding hydrogens is 396 g/mol. The second-order valence-electron chi connectivity index (χ2n) is 8.37. The van der Waals surface area contributed by atoms with Crippen molar-refractivity contribution in [2.24, 2.45) is 0 Å². The van der Waals surface area contributed by atoms with Gasteiger partial charge >= 0.3 is 6.01 Å². The van der Waals surface area contributed by atoms with Crippen LogP contribution in [0.1, 0.15) is 29.2 Å². The summed E-state index contributed by atoms with van der Waals surface area (Å²) >= 11 is 6.61. The minimum atomic E-state index is 0.390. The van der Waals surface area contributed by atoms with Crippen LogP contribution in [0.2, 0.25) is 5.02 Å². The first-order chi connectivity index (χ1) is 14.6. The second kappa shape index (κ2) is 8.05. The van der Waals surface area contributed by atoms with E-state index in [1.807, 2.05) is 12.1 Å². The number of aromatic nitrogens is 2. The molecule has 0 N–H and O–H groups in total. The van der Waals surface area contributed by atoms with E-state index in [0.717, 1.165) is 62.0 Å². The molecule has 1 aliphatic heterocycles. The van der Waals surface area contributed by atoms with Crippen molar-refractivity contribution in [3.8, 4) is 6.01 Å². The Morgan fingerprint density at radius 1 is 1.03 bits per heavy atom. The minimum absolute atomic E-state index is 0.390. The van der Waals surface area contributed by atoms with Gasteiger partial charge < -0.3 is 14.5 Å². The fraction of sp³-hybridized carbons (Fsp3) is 0.417. The quantitative estimate of drug-likeness (QED) is 0.628. The standard InChI is InChI=1S/C24H27ClN4O/c1-28-11-13-29(14-12-28)23-19-10-9-17(15-21(19)26-24(27-23)30-2)18-7-3-5-16-6-4-8-20(25)22(16)18/h3-8,17H,9-15H2,1-2H3. The van der Waals surface area contributed by atoms with Gasteiger partial charge in [-0.3, -0.25) is 0 Å². The van der Waals surface area contributed by atoms with Gasteiger partial charge in [0.25, 0.3) is 0 Å². The summed E-state index contributed by atoms with van der Waals surface area (Å²) in [4.78, 5) is 14.3. The van der Waals surface area contributed by atoms with E-state index in [1.54, 1.807) is 7.11 Å². The highest BCUT2D eigenvalue weighted by molar-refractivity contribution is 6.35. The van der Waals surface area contributed by atoms with Crippen molar-refractivity contribution in [3.63, 3.8) is 0 Å². The van der Waals surface area contributed by atoms with Crippen molar-refractivity contribution in [1.82, 2.24) is 14.9 Å². The zero-order chi connectivity index (χ0) is 20.7. The van der Waals surface area contributed by atoms with Crippen LogP contribution in [0.4, 0.5) is 5.82 Å². The van der Waals surface area contributed by atoms with Gasteiger partial charge in [-0.05, 0) is 49.2 Å². The Balaban J connectivity index is 1.52. The maximum atomic E-state index is 6.61. The third-order valence-corrected chi connectivity index (χ3v) is 6.86. The van der Waals surface area contributed by atoms with Gasteiger partial charge in [0.05, 0.1) is 12.8 Å². The fourth-order valence-corrected chi connectivity index (χ4v) is 5.16. The molecule has 2 aromatic carbocycles. The van der Waals surface area contributed by atoms with Crippen molar-refractivity contribution in [2.45, 2.75) is 25.2 Å². The average Bonchev–Trinajstić information content (AvgIpc) is 2.78. The number of likely N-dealkylation sites (N-methyl/N-ethyl adjacent to an activating group) is 1. The molecule has 0 radical (unpaired) electrons. The predicted octanol–water partition coefficient (Wildman–Crippen LogP) is 4.32. The van der Waals surface area contributed by atoms with Gasteiger partial charge in [0.15, 0.2) is 0 Å². The van der Waals surface area contributed by atoms with Crippen LogP contribution >= 0.6 is 11.6 Å². The first kappa shape index (κ1) is 19.6. The molecule has 0 amide bonds. The molecule has 2 aliphatic rings. The molecule has 30 heavy (non-hydrogen) atoms. The van der Waals surface area contributed by atoms with Gasteiger partial charge in [-0.15, -0.1) is 0 Å². The van der Waals surface area contributed by atoms with E-state index >= 15 is 0 Å². The van der Waals surface area contributed by atoms with Crippen LogP contribution in [-0.2, 0) is 12.8 Å². The molecule has 5 rings (SSSR count). The lowest BCUT2D eigenvalue weighted by molar-refractivity contribution is 0.310. The Kier molecular flexibility index (Phi) is 5.25. The van der Waals surface area contributed by atoms with E-state index in [0.29, 0.717) is 11.9 Å². The van der Waals surface area contributed by atoms with E-state index in [2.05, 4.69) is 41.1 Å². The average molecular weight is 423 g/mol. The highest BCUT2D eigenvalue weighted by Gasteiger charge is 2.29. The van der Waals surface area contributed by atoms with Crippen LogP contribution in [-0.4, -0.2) is 55.2 Å². The normalized spacial score (nSPS) is 19.7. The molecule has 1 saturated heterocycles. The Hall–Kier alpha value is -2.37. The first-order valence-electron chi connectivity index (χ1n) is 10.7. The van der Waals surface area contributed by atoms with E-state index in [9.17, 15) is 0 Å². The largest absolute Gasteiger partial charge is 0.467 e. The summed E-state index contributed by atoms with van der Waals surface area (Å²) in [7, 11) is 3.83. The zero-order valence-electron chi connectivity index (χ0n) is 17.6. The lowest BCUT2D eigenvalue weighted by Crippen LogP contribution is -2.45. The summed E-state index contributed by atoms with van der Waals surface area (Å²) in [6, 6.07) is 13.1. The third-order valence-electron chi connectivity index (χ3n) is 6.54. The van der Waals surface area contributed by atoms with E-state index < -0.39 is 0 Å². The molecule has 0 spiro atoms. The molecule has 1 unspecified atom stereocenters. The first-order valence-corrected chi connectivity index (χ1v) is 11.1. The maximum Gasteiger partial charge on any atom is 0.318 e. The maximum absolute atomic E-state index is 6.61. The summed E-state index contributed by atoms with van der Waals surface area (Å²) in [5, 5.41) is 3.20. The van der Waals surface area contributed by atoms with Crippen molar-refractivity contribution in [1.29, 1.82) is 0 Å². The molecule has 2 heterocycles. The van der Waals surface area contributed by atoms with Gasteiger partial charge in [-0.25, -0.2) is 0 Å². The summed E-state index contributed by atoms with van der Waals surface area (Å²) in [5.41, 5.74) is 3.74. The second-order valence-corrected chi connectivity index (χ2v) is 8.78. The molecule has 1 aliphatic carbocycles. The summed E-state index contributed by atoms with van der Waals surface area (Å²) < 4.78 is 5.48. The number of rotatable bonds is 3. The molecule has 6 heteroatoms. The highest BCUT2D eigenvalue weighted by Crippen LogP contribution is 2.40. The lowest BCUT2D eigenvalue weighted by Gasteiger charge is -2.36. The van der Waals surface area contributed by atoms with Crippen LogP contribution in [0.15, 0.2) is 36.4 Å². The molecule has 3 aromatic rings. The van der Waals surface area contributed by atoms with Crippen molar-refractivity contribution >= 4 is 28.2 Å². The molecule has 5 nitrogen and oxygen atoms in total. The third kappa shape index (κ3) is 3.50. The molecule has 0 saturated carbocycles. The number of fused-ring (bicyclic) bond motifs is 2. The zero-order valence-corrected chi connectivity index (χ0v) is 18.3. The summed E-state index contributed by atoms with van der Waals surface area (Å²) in [5.74, 6) is 1.46. The van der Waals surface area contributed by atoms with Gasteiger partial charge in [0, 0.05) is 42.2 Å². The highest BCUT2D eigenvalue weighted by atomic mass is 35.5. The van der Waals surface area contributed by atoms with Crippen LogP contribution in [0, 0.1) is 0 Å². The Morgan fingerprint density at radius 3 is 2.57 bits per heavy atom. The molecule has 1 aromatic heterocycles. The van der Waals surface area contributed by atoms with Gasteiger partial charge in [-0.2, -0.15) is 9.97 Å². The number of hydrogen-bond acceptors (Lipinski definition) is 5. The van der Waals surface area contributed by atoms with E-state index in [4.69, 9.17) is 26.3 Å². The van der Waals surface area contributed by atoms with Crippen LogP contribution < -0.4 is 9.64 Å². The number of halogens is 1. The summed E-state index contributed by atoms with van der Waals surface area (Å²) in [6.07, 6.45) is 2.94. The topological polar surface area (TPSA) is 41.5 Å². The molecular formula is C24H27ClN4O. The van der Waals surface area contributed by atoms with Crippen molar-refractivity contribution < 1.29 is 4.74 Å². The molecule has 1 fully saturated rings. The number of ether oxygens (including phenoxy) is 1. The Labute approximate surface area is 182 Å². The van der Waals surface area contributed by atoms with Crippen LogP contribution in [0.25, 0.3) is 10.8 Å². The number of benzene rings is 2. The van der Waals surface area contributed by atoms with Crippen LogP contribution in [0.5, 0.6) is 6.01 Å². The number of methoxy groups -OCH3 is 1. The smallest absolute Gasteiger partial charge is 0.318 e. The Bertz CT molecular complexity index is 1070. The number of piperazine rings is 1. The fourth-order valence-electron chi connectivity index (χ4n) is 4.87. The number of nitrogens with zero attached hydrogens (tertiary/aromatic N) is 4. The lowest BCUT2D eigenvalue weighted by atomic mass is 9.80. The molecule has 0 bridgehead atoms. The number of anilines is 1. The van der Waals surface area contributed by atoms with E-state index in [-0.39, 0.29) is 0 Å². The summed E-state index contributed by atoms with van der Waals surface area (Å²) in [6.45, 7) is 4.09. The monoisotopic (exact) mass is 422 g/mol. The van der Waals surface area contributed by atoms with Crippen LogP contribution in [0.3, 0.4) is 0 Å². The van der Waals surface area contributed by atoms with E-state index in [1.165, 1.54) is 21.9 Å². The SMILES string of the molecule is COc1nc2c(c(N3CCN(C)CC3)n1)CCC(c1cccc3cccc(Cl)c13)C2. The van der Waals surface area contributed by atoms with Gasteiger partial charge in [0.2, 0.25) is 0 Å². The van der Waals surface area contributed by atoms with Crippen molar-refractivity contribution in [2.75, 3.05) is 45.2 Å². The predicted molar refractivity (Wildman–Crippen MR) is 122 cm³/mol. The minimum Gasteiger partial charge on any atom is -0.467 e. The van der Waals surface area contributed by atoms with Gasteiger partial charge in [-0.1, -0.05) is 41.9 Å². The molecule has 1 atom stereocenters.